The smallest absolute Gasteiger partial charge is 0.317 e. The Hall–Kier alpha value is -2.52. The van der Waals surface area contributed by atoms with Gasteiger partial charge in [0.15, 0.2) is 0 Å². The molecule has 0 radical (unpaired) electrons. The van der Waals surface area contributed by atoms with Crippen molar-refractivity contribution in [1.82, 2.24) is 15.1 Å². The molecule has 2 rings (SSSR count). The van der Waals surface area contributed by atoms with E-state index in [9.17, 15) is 14.7 Å². The van der Waals surface area contributed by atoms with Crippen molar-refractivity contribution in [3.8, 4) is 5.75 Å². The Morgan fingerprint density at radius 1 is 1.19 bits per heavy atom. The van der Waals surface area contributed by atoms with Crippen molar-refractivity contribution in [3.05, 3.63) is 23.8 Å². The van der Waals surface area contributed by atoms with Crippen LogP contribution >= 0.6 is 0 Å². The number of nitrogens with zero attached hydrogens (tertiary/aromatic N) is 3. The first kappa shape index (κ1) is 30.7. The molecule has 1 aromatic carbocycles. The molecular formula is C28H48N4O5. The fourth-order valence-electron chi connectivity index (χ4n) is 4.36. The summed E-state index contributed by atoms with van der Waals surface area (Å²) in [6, 6.07) is 5.15. The topological polar surface area (TPSA) is 94.6 Å². The number of anilines is 1. The van der Waals surface area contributed by atoms with E-state index in [-0.39, 0.29) is 42.7 Å². The van der Waals surface area contributed by atoms with Gasteiger partial charge < -0.3 is 34.6 Å². The molecular weight excluding hydrogens is 472 g/mol. The Morgan fingerprint density at radius 3 is 2.51 bits per heavy atom. The zero-order chi connectivity index (χ0) is 27.7. The lowest BCUT2D eigenvalue weighted by Crippen LogP contribution is -2.49. The van der Waals surface area contributed by atoms with Gasteiger partial charge in [-0.15, -0.1) is 0 Å². The van der Waals surface area contributed by atoms with Crippen LogP contribution in [0.2, 0.25) is 0 Å². The van der Waals surface area contributed by atoms with Crippen molar-refractivity contribution in [3.63, 3.8) is 0 Å². The largest absolute Gasteiger partial charge is 0.490 e. The first-order valence-electron chi connectivity index (χ1n) is 13.5. The second-order valence-electron chi connectivity index (χ2n) is 10.9. The molecule has 210 valence electrons. The Balaban J connectivity index is 2.43. The first-order valence-corrected chi connectivity index (χ1v) is 13.5. The molecule has 0 unspecified atom stereocenters. The van der Waals surface area contributed by atoms with E-state index in [1.54, 1.807) is 16.8 Å². The van der Waals surface area contributed by atoms with Gasteiger partial charge in [-0.3, -0.25) is 4.79 Å². The predicted octanol–water partition coefficient (Wildman–Crippen LogP) is 3.60. The fourth-order valence-corrected chi connectivity index (χ4v) is 4.36. The van der Waals surface area contributed by atoms with Crippen LogP contribution in [-0.4, -0.2) is 98.6 Å². The standard InChI is InChI=1S/C28H48N4O5/c1-19(2)29-28(35)31(8)17-26-20(3)16-32(21(4)18-33)27(34)24-15-23(30(6)7)12-13-25(24)37-22(5)11-9-10-14-36-26/h12-13,15,19-22,26,33H,9-11,14,16-18H2,1-8H3,(H,29,35)/t20-,21-,22-,26-/m0/s1. The first-order chi connectivity index (χ1) is 17.4. The molecule has 0 aromatic heterocycles. The van der Waals surface area contributed by atoms with Gasteiger partial charge in [0, 0.05) is 58.5 Å². The number of likely N-dealkylation sites (N-methyl/N-ethyl adjacent to an activating group) is 1. The lowest BCUT2D eigenvalue weighted by atomic mass is 10.0. The van der Waals surface area contributed by atoms with E-state index in [2.05, 4.69) is 5.32 Å². The second-order valence-corrected chi connectivity index (χ2v) is 10.9. The highest BCUT2D eigenvalue weighted by Crippen LogP contribution is 2.29. The molecule has 0 saturated carbocycles. The Kier molecular flexibility index (Phi) is 12.0. The normalized spacial score (nSPS) is 22.5. The van der Waals surface area contributed by atoms with Crippen LogP contribution in [0.5, 0.6) is 5.75 Å². The number of rotatable bonds is 6. The van der Waals surface area contributed by atoms with Gasteiger partial charge in [-0.25, -0.2) is 4.79 Å². The van der Waals surface area contributed by atoms with E-state index < -0.39 is 6.04 Å². The third-order valence-corrected chi connectivity index (χ3v) is 6.76. The van der Waals surface area contributed by atoms with Gasteiger partial charge in [-0.05, 0) is 65.2 Å². The third kappa shape index (κ3) is 9.07. The van der Waals surface area contributed by atoms with E-state index in [4.69, 9.17) is 9.47 Å². The summed E-state index contributed by atoms with van der Waals surface area (Å²) in [5.74, 6) is 0.275. The minimum Gasteiger partial charge on any atom is -0.490 e. The SMILES string of the molecule is CC(C)NC(=O)N(C)C[C@@H]1OCCCC[C@H](C)Oc2ccc(N(C)C)cc2C(=O)N([C@@H](C)CO)C[C@@H]1C. The highest BCUT2D eigenvalue weighted by Gasteiger charge is 2.31. The molecule has 0 fully saturated rings. The lowest BCUT2D eigenvalue weighted by Gasteiger charge is -2.36. The number of ether oxygens (including phenoxy) is 2. The molecule has 0 spiro atoms. The van der Waals surface area contributed by atoms with Crippen LogP contribution < -0.4 is 15.0 Å². The predicted molar refractivity (Wildman–Crippen MR) is 147 cm³/mol. The van der Waals surface area contributed by atoms with Gasteiger partial charge >= 0.3 is 6.03 Å². The van der Waals surface area contributed by atoms with Crippen LogP contribution in [0.1, 0.15) is 64.2 Å². The van der Waals surface area contributed by atoms with Crippen LogP contribution in [-0.2, 0) is 4.74 Å². The molecule has 0 saturated heterocycles. The summed E-state index contributed by atoms with van der Waals surface area (Å²) in [6.45, 7) is 10.9. The fraction of sp³-hybridized carbons (Fsp3) is 0.714. The minimum atomic E-state index is -0.404. The number of hydrogen-bond acceptors (Lipinski definition) is 6. The number of fused-ring (bicyclic) bond motifs is 1. The number of nitrogens with one attached hydrogen (secondary N) is 1. The highest BCUT2D eigenvalue weighted by molar-refractivity contribution is 5.98. The van der Waals surface area contributed by atoms with Crippen LogP contribution in [0.3, 0.4) is 0 Å². The van der Waals surface area contributed by atoms with E-state index in [1.165, 1.54) is 0 Å². The average molecular weight is 521 g/mol. The Bertz CT molecular complexity index is 878. The molecule has 37 heavy (non-hydrogen) atoms. The van der Waals surface area contributed by atoms with Gasteiger partial charge in [0.25, 0.3) is 5.91 Å². The quantitative estimate of drug-likeness (QED) is 0.595. The molecule has 3 amide bonds. The summed E-state index contributed by atoms with van der Waals surface area (Å²) in [5, 5.41) is 13.0. The van der Waals surface area contributed by atoms with Crippen LogP contribution in [0, 0.1) is 5.92 Å². The summed E-state index contributed by atoms with van der Waals surface area (Å²) in [7, 11) is 5.63. The molecule has 0 aliphatic carbocycles. The summed E-state index contributed by atoms with van der Waals surface area (Å²) in [4.78, 5) is 31.9. The lowest BCUT2D eigenvalue weighted by molar-refractivity contribution is -0.0122. The van der Waals surface area contributed by atoms with E-state index >= 15 is 0 Å². The monoisotopic (exact) mass is 520 g/mol. The molecule has 1 aliphatic heterocycles. The number of amides is 3. The number of carbonyl (C=O) groups is 2. The zero-order valence-corrected chi connectivity index (χ0v) is 24.0. The highest BCUT2D eigenvalue weighted by atomic mass is 16.5. The number of aliphatic hydroxyl groups is 1. The van der Waals surface area contributed by atoms with Gasteiger partial charge in [0.05, 0.1) is 30.4 Å². The molecule has 9 nitrogen and oxygen atoms in total. The van der Waals surface area contributed by atoms with Crippen LogP contribution in [0.15, 0.2) is 18.2 Å². The summed E-state index contributed by atoms with van der Waals surface area (Å²) < 4.78 is 12.6. The maximum Gasteiger partial charge on any atom is 0.317 e. The molecule has 1 heterocycles. The summed E-state index contributed by atoms with van der Waals surface area (Å²) in [6.07, 6.45) is 2.30. The van der Waals surface area contributed by atoms with Gasteiger partial charge in [0.1, 0.15) is 5.75 Å². The van der Waals surface area contributed by atoms with E-state index in [1.807, 2.05) is 71.8 Å². The van der Waals surface area contributed by atoms with Crippen molar-refractivity contribution >= 4 is 17.6 Å². The number of benzene rings is 1. The molecule has 1 aliphatic rings. The Labute approximate surface area is 223 Å². The number of carbonyl (C=O) groups excluding carboxylic acids is 2. The van der Waals surface area contributed by atoms with Gasteiger partial charge in [-0.2, -0.15) is 0 Å². The second kappa shape index (κ2) is 14.4. The number of hydrogen-bond donors (Lipinski definition) is 2. The molecule has 4 atom stereocenters. The van der Waals surface area contributed by atoms with Crippen molar-refractivity contribution in [2.24, 2.45) is 5.92 Å². The zero-order valence-electron chi connectivity index (χ0n) is 24.0. The van der Waals surface area contributed by atoms with E-state index in [0.717, 1.165) is 24.9 Å². The van der Waals surface area contributed by atoms with Crippen molar-refractivity contribution in [1.29, 1.82) is 0 Å². The van der Waals surface area contributed by atoms with Crippen molar-refractivity contribution in [2.75, 3.05) is 52.3 Å². The van der Waals surface area contributed by atoms with Crippen molar-refractivity contribution in [2.45, 2.75) is 78.2 Å². The molecule has 0 bridgehead atoms. The van der Waals surface area contributed by atoms with Gasteiger partial charge in [-0.1, -0.05) is 6.92 Å². The van der Waals surface area contributed by atoms with Crippen molar-refractivity contribution < 1.29 is 24.2 Å². The van der Waals surface area contributed by atoms with E-state index in [0.29, 0.717) is 31.0 Å². The molecule has 2 N–H and O–H groups in total. The van der Waals surface area contributed by atoms with Crippen LogP contribution in [0.4, 0.5) is 10.5 Å². The molecule has 1 aromatic rings. The maximum absolute atomic E-state index is 14.0. The summed E-state index contributed by atoms with van der Waals surface area (Å²) in [5.41, 5.74) is 1.38. The average Bonchev–Trinajstić information content (AvgIpc) is 2.84. The van der Waals surface area contributed by atoms with Crippen LogP contribution in [0.25, 0.3) is 0 Å². The van der Waals surface area contributed by atoms with Gasteiger partial charge in [0.2, 0.25) is 0 Å². The number of urea groups is 1. The minimum absolute atomic E-state index is 0.0344. The maximum atomic E-state index is 14.0. The number of aliphatic hydroxyl groups excluding tert-OH is 1. The third-order valence-electron chi connectivity index (χ3n) is 6.76. The Morgan fingerprint density at radius 2 is 1.89 bits per heavy atom. The summed E-state index contributed by atoms with van der Waals surface area (Å²) >= 11 is 0. The molecule has 9 heteroatoms.